The van der Waals surface area contributed by atoms with Gasteiger partial charge < -0.3 is 15.5 Å². The van der Waals surface area contributed by atoms with Crippen LogP contribution in [0.5, 0.6) is 0 Å². The van der Waals surface area contributed by atoms with Crippen LogP contribution in [0.25, 0.3) is 0 Å². The van der Waals surface area contributed by atoms with Gasteiger partial charge in [0, 0.05) is 26.2 Å². The van der Waals surface area contributed by atoms with Gasteiger partial charge in [-0.3, -0.25) is 4.99 Å². The zero-order valence-corrected chi connectivity index (χ0v) is 12.7. The molecule has 0 amide bonds. The van der Waals surface area contributed by atoms with Gasteiger partial charge in [-0.2, -0.15) is 0 Å². The first-order chi connectivity index (χ1) is 8.56. The summed E-state index contributed by atoms with van der Waals surface area (Å²) in [5.74, 6) is 2.31. The Balaban J connectivity index is 2.28. The monoisotopic (exact) mass is 254 g/mol. The van der Waals surface area contributed by atoms with Gasteiger partial charge in [-0.15, -0.1) is 0 Å². The zero-order valence-electron chi connectivity index (χ0n) is 12.7. The number of hydrogen-bond acceptors (Lipinski definition) is 2. The molecule has 0 saturated carbocycles. The molecular formula is C14H30N4. The zero-order chi connectivity index (χ0) is 13.5. The first kappa shape index (κ1) is 15.3. The van der Waals surface area contributed by atoms with Gasteiger partial charge in [0.2, 0.25) is 0 Å². The Labute approximate surface area is 112 Å². The van der Waals surface area contributed by atoms with Gasteiger partial charge in [0.15, 0.2) is 5.96 Å². The maximum atomic E-state index is 4.29. The number of guanidine groups is 1. The van der Waals surface area contributed by atoms with Crippen LogP contribution < -0.4 is 10.6 Å². The van der Waals surface area contributed by atoms with E-state index in [9.17, 15) is 0 Å². The molecule has 0 bridgehead atoms. The molecule has 0 aromatic carbocycles. The van der Waals surface area contributed by atoms with Gasteiger partial charge >= 0.3 is 0 Å². The normalized spacial score (nSPS) is 23.4. The van der Waals surface area contributed by atoms with Crippen molar-refractivity contribution < 1.29 is 0 Å². The second-order valence-corrected chi connectivity index (χ2v) is 5.68. The lowest BCUT2D eigenvalue weighted by molar-refractivity contribution is 0.341. The Morgan fingerprint density at radius 1 is 1.39 bits per heavy atom. The molecule has 0 aromatic rings. The molecule has 1 rings (SSSR count). The van der Waals surface area contributed by atoms with E-state index in [2.05, 4.69) is 48.2 Å². The highest BCUT2D eigenvalue weighted by atomic mass is 15.2. The van der Waals surface area contributed by atoms with Crippen molar-refractivity contribution in [3.8, 4) is 0 Å². The summed E-state index contributed by atoms with van der Waals surface area (Å²) in [6.45, 7) is 13.6. The van der Waals surface area contributed by atoms with Crippen molar-refractivity contribution in [2.75, 3.05) is 33.2 Å². The van der Waals surface area contributed by atoms with Gasteiger partial charge in [-0.1, -0.05) is 20.8 Å². The van der Waals surface area contributed by atoms with Crippen LogP contribution in [-0.4, -0.2) is 50.1 Å². The highest BCUT2D eigenvalue weighted by molar-refractivity contribution is 5.79. The van der Waals surface area contributed by atoms with Gasteiger partial charge in [-0.05, 0) is 38.3 Å². The Kier molecular flexibility index (Phi) is 6.47. The summed E-state index contributed by atoms with van der Waals surface area (Å²) >= 11 is 0. The first-order valence-electron chi connectivity index (χ1n) is 7.26. The predicted molar refractivity (Wildman–Crippen MR) is 79.0 cm³/mol. The molecule has 0 aromatic heterocycles. The molecule has 106 valence electrons. The molecule has 1 saturated heterocycles. The van der Waals surface area contributed by atoms with Crippen LogP contribution in [0.3, 0.4) is 0 Å². The van der Waals surface area contributed by atoms with E-state index in [0.29, 0.717) is 12.0 Å². The molecule has 1 aliphatic heterocycles. The van der Waals surface area contributed by atoms with Crippen molar-refractivity contribution in [2.45, 2.75) is 40.2 Å². The molecule has 2 N–H and O–H groups in total. The minimum atomic E-state index is 0.451. The largest absolute Gasteiger partial charge is 0.356 e. The lowest BCUT2D eigenvalue weighted by Gasteiger charge is -2.22. The Hall–Kier alpha value is -0.770. The van der Waals surface area contributed by atoms with E-state index in [1.807, 2.05) is 7.05 Å². The highest BCUT2D eigenvalue weighted by Gasteiger charge is 2.21. The van der Waals surface area contributed by atoms with Crippen LogP contribution in [0, 0.1) is 11.8 Å². The number of likely N-dealkylation sites (tertiary alicyclic amines) is 1. The van der Waals surface area contributed by atoms with Crippen LogP contribution >= 0.6 is 0 Å². The van der Waals surface area contributed by atoms with E-state index in [0.717, 1.165) is 18.4 Å². The Bertz CT molecular complexity index is 263. The second kappa shape index (κ2) is 7.62. The summed E-state index contributed by atoms with van der Waals surface area (Å²) in [5.41, 5.74) is 0. The van der Waals surface area contributed by atoms with E-state index in [4.69, 9.17) is 0 Å². The highest BCUT2D eigenvalue weighted by Crippen LogP contribution is 2.14. The standard InChI is InChI=1S/C14H30N4/c1-6-18-8-7-13(10-18)9-16-14(15-5)17-12(4)11(2)3/h11-13H,6-10H2,1-5H3,(H2,15,16,17). The third-order valence-corrected chi connectivity index (χ3v) is 3.96. The molecule has 0 radical (unpaired) electrons. The molecule has 1 heterocycles. The number of aliphatic imine (C=N–C) groups is 1. The molecule has 4 nitrogen and oxygen atoms in total. The molecule has 1 aliphatic rings. The third-order valence-electron chi connectivity index (χ3n) is 3.96. The van der Waals surface area contributed by atoms with Crippen molar-refractivity contribution in [2.24, 2.45) is 16.8 Å². The quantitative estimate of drug-likeness (QED) is 0.577. The van der Waals surface area contributed by atoms with Crippen LogP contribution in [0.2, 0.25) is 0 Å². The summed E-state index contributed by atoms with van der Waals surface area (Å²) in [7, 11) is 1.84. The maximum Gasteiger partial charge on any atom is 0.191 e. The molecule has 2 unspecified atom stereocenters. The van der Waals surface area contributed by atoms with Crippen LogP contribution in [0.4, 0.5) is 0 Å². The van der Waals surface area contributed by atoms with E-state index in [1.54, 1.807) is 0 Å². The van der Waals surface area contributed by atoms with E-state index < -0.39 is 0 Å². The number of nitrogens with one attached hydrogen (secondary N) is 2. The van der Waals surface area contributed by atoms with Gasteiger partial charge in [0.05, 0.1) is 0 Å². The lowest BCUT2D eigenvalue weighted by atomic mass is 10.1. The first-order valence-corrected chi connectivity index (χ1v) is 7.26. The van der Waals surface area contributed by atoms with Crippen LogP contribution in [0.15, 0.2) is 4.99 Å². The van der Waals surface area contributed by atoms with Crippen molar-refractivity contribution in [3.05, 3.63) is 0 Å². The molecule has 0 aliphatic carbocycles. The second-order valence-electron chi connectivity index (χ2n) is 5.68. The van der Waals surface area contributed by atoms with Crippen molar-refractivity contribution in [1.29, 1.82) is 0 Å². The Morgan fingerprint density at radius 2 is 2.11 bits per heavy atom. The average molecular weight is 254 g/mol. The fourth-order valence-electron chi connectivity index (χ4n) is 2.18. The maximum absolute atomic E-state index is 4.29. The molecule has 1 fully saturated rings. The molecular weight excluding hydrogens is 224 g/mol. The van der Waals surface area contributed by atoms with Crippen LogP contribution in [0.1, 0.15) is 34.1 Å². The molecule has 4 heteroatoms. The van der Waals surface area contributed by atoms with E-state index in [1.165, 1.54) is 26.1 Å². The summed E-state index contributed by atoms with van der Waals surface area (Å²) in [6.07, 6.45) is 1.30. The fourth-order valence-corrected chi connectivity index (χ4v) is 2.18. The fraction of sp³-hybridized carbons (Fsp3) is 0.929. The number of rotatable bonds is 5. The minimum Gasteiger partial charge on any atom is -0.356 e. The summed E-state index contributed by atoms with van der Waals surface area (Å²) in [6, 6.07) is 0.451. The van der Waals surface area contributed by atoms with Gasteiger partial charge in [-0.25, -0.2) is 0 Å². The average Bonchev–Trinajstić information content (AvgIpc) is 2.81. The number of nitrogens with zero attached hydrogens (tertiary/aromatic N) is 2. The van der Waals surface area contributed by atoms with Crippen molar-refractivity contribution >= 4 is 5.96 Å². The minimum absolute atomic E-state index is 0.451. The third kappa shape index (κ3) is 4.84. The topological polar surface area (TPSA) is 39.7 Å². The van der Waals surface area contributed by atoms with Crippen molar-refractivity contribution in [3.63, 3.8) is 0 Å². The Morgan fingerprint density at radius 3 is 2.61 bits per heavy atom. The van der Waals surface area contributed by atoms with Gasteiger partial charge in [0.25, 0.3) is 0 Å². The van der Waals surface area contributed by atoms with Crippen molar-refractivity contribution in [1.82, 2.24) is 15.5 Å². The summed E-state index contributed by atoms with van der Waals surface area (Å²) < 4.78 is 0. The van der Waals surface area contributed by atoms with E-state index in [-0.39, 0.29) is 0 Å². The summed E-state index contributed by atoms with van der Waals surface area (Å²) in [5, 5.41) is 6.89. The smallest absolute Gasteiger partial charge is 0.191 e. The lowest BCUT2D eigenvalue weighted by Crippen LogP contribution is -2.45. The molecule has 18 heavy (non-hydrogen) atoms. The SMILES string of the molecule is CCN1CCC(CNC(=NC)NC(C)C(C)C)C1. The molecule has 0 spiro atoms. The summed E-state index contributed by atoms with van der Waals surface area (Å²) in [4.78, 5) is 6.80. The predicted octanol–water partition coefficient (Wildman–Crippen LogP) is 1.54. The number of hydrogen-bond donors (Lipinski definition) is 2. The van der Waals surface area contributed by atoms with Crippen LogP contribution in [-0.2, 0) is 0 Å². The van der Waals surface area contributed by atoms with E-state index >= 15 is 0 Å². The van der Waals surface area contributed by atoms with Gasteiger partial charge in [0.1, 0.15) is 0 Å². The molecule has 2 atom stereocenters.